The van der Waals surface area contributed by atoms with Crippen LogP contribution in [0, 0.1) is 16.0 Å². The second-order valence-electron chi connectivity index (χ2n) is 5.90. The Bertz CT molecular complexity index is 489. The zero-order valence-electron chi connectivity index (χ0n) is 12.1. The molecular weight excluding hydrogens is 244 g/mol. The van der Waals surface area contributed by atoms with E-state index < -0.39 is 0 Å². The highest BCUT2D eigenvalue weighted by molar-refractivity contribution is 5.61. The van der Waals surface area contributed by atoms with Gasteiger partial charge < -0.3 is 5.32 Å². The smallest absolute Gasteiger partial charge is 0.334 e. The molecule has 1 aromatic rings. The van der Waals surface area contributed by atoms with Gasteiger partial charge in [-0.2, -0.15) is 5.10 Å². The first-order valence-corrected chi connectivity index (χ1v) is 6.85. The highest BCUT2D eigenvalue weighted by Gasteiger charge is 2.40. The van der Waals surface area contributed by atoms with E-state index in [4.69, 9.17) is 0 Å². The maximum atomic E-state index is 11.3. The lowest BCUT2D eigenvalue weighted by Crippen LogP contribution is -2.34. The normalized spacial score (nSPS) is 15.6. The summed E-state index contributed by atoms with van der Waals surface area (Å²) in [5.41, 5.74) is 0.587. The van der Waals surface area contributed by atoms with Crippen LogP contribution in [0.25, 0.3) is 0 Å². The van der Waals surface area contributed by atoms with Gasteiger partial charge in [-0.3, -0.25) is 10.1 Å². The maximum Gasteiger partial charge on any atom is 0.334 e. The fraction of sp³-hybridized carbons (Fsp3) is 0.769. The zero-order chi connectivity index (χ0) is 14.2. The van der Waals surface area contributed by atoms with Crippen LogP contribution in [0.3, 0.4) is 0 Å². The SMILES string of the molecule is CCCc1nn(C)c(NC(C)(C)C2CC2)c1[N+](=O)[O-]. The van der Waals surface area contributed by atoms with Gasteiger partial charge in [-0.1, -0.05) is 13.3 Å². The third-order valence-electron chi connectivity index (χ3n) is 3.80. The minimum absolute atomic E-state index is 0.123. The Balaban J connectivity index is 2.35. The van der Waals surface area contributed by atoms with Crippen molar-refractivity contribution >= 4 is 11.5 Å². The second kappa shape index (κ2) is 4.83. The third-order valence-corrected chi connectivity index (χ3v) is 3.80. The average Bonchev–Trinajstić information content (AvgIpc) is 3.08. The van der Waals surface area contributed by atoms with E-state index in [1.54, 1.807) is 11.7 Å². The topological polar surface area (TPSA) is 73.0 Å². The van der Waals surface area contributed by atoms with Crippen molar-refractivity contribution in [3.05, 3.63) is 15.8 Å². The Hall–Kier alpha value is -1.59. The molecule has 1 aromatic heterocycles. The van der Waals surface area contributed by atoms with Crippen molar-refractivity contribution in [1.82, 2.24) is 9.78 Å². The van der Waals surface area contributed by atoms with E-state index in [1.165, 1.54) is 12.8 Å². The summed E-state index contributed by atoms with van der Waals surface area (Å²) < 4.78 is 1.60. The number of nitro groups is 1. The lowest BCUT2D eigenvalue weighted by atomic mass is 9.99. The average molecular weight is 266 g/mol. The van der Waals surface area contributed by atoms with Crippen LogP contribution in [0.5, 0.6) is 0 Å². The lowest BCUT2D eigenvalue weighted by molar-refractivity contribution is -0.384. The summed E-state index contributed by atoms with van der Waals surface area (Å²) in [6.07, 6.45) is 3.86. The summed E-state index contributed by atoms with van der Waals surface area (Å²) in [6, 6.07) is 0. The third kappa shape index (κ3) is 2.72. The minimum Gasteiger partial charge on any atom is -0.359 e. The van der Waals surface area contributed by atoms with Crippen molar-refractivity contribution in [1.29, 1.82) is 0 Å². The summed E-state index contributed by atoms with van der Waals surface area (Å²) in [6.45, 7) is 6.20. The Kier molecular flexibility index (Phi) is 3.52. The van der Waals surface area contributed by atoms with Crippen LogP contribution in [0.4, 0.5) is 11.5 Å². The number of hydrogen-bond acceptors (Lipinski definition) is 4. The van der Waals surface area contributed by atoms with Crippen molar-refractivity contribution in [3.63, 3.8) is 0 Å². The number of hydrogen-bond donors (Lipinski definition) is 1. The lowest BCUT2D eigenvalue weighted by Gasteiger charge is -2.26. The summed E-state index contributed by atoms with van der Waals surface area (Å²) in [5.74, 6) is 1.13. The molecule has 0 saturated heterocycles. The molecule has 2 rings (SSSR count). The number of aryl methyl sites for hydroxylation is 2. The fourth-order valence-electron chi connectivity index (χ4n) is 2.52. The van der Waals surface area contributed by atoms with Crippen LogP contribution in [0.15, 0.2) is 0 Å². The number of rotatable bonds is 6. The van der Waals surface area contributed by atoms with Gasteiger partial charge >= 0.3 is 5.69 Å². The molecule has 1 N–H and O–H groups in total. The molecule has 0 atom stereocenters. The van der Waals surface area contributed by atoms with Crippen LogP contribution in [0.2, 0.25) is 0 Å². The molecular formula is C13H22N4O2. The van der Waals surface area contributed by atoms with Crippen LogP contribution in [-0.4, -0.2) is 20.2 Å². The van der Waals surface area contributed by atoms with E-state index in [0.717, 1.165) is 6.42 Å². The van der Waals surface area contributed by atoms with E-state index >= 15 is 0 Å². The van der Waals surface area contributed by atoms with Gasteiger partial charge in [0.25, 0.3) is 0 Å². The monoisotopic (exact) mass is 266 g/mol. The van der Waals surface area contributed by atoms with Gasteiger partial charge in [0.2, 0.25) is 5.82 Å². The molecule has 19 heavy (non-hydrogen) atoms. The van der Waals surface area contributed by atoms with E-state index in [-0.39, 0.29) is 16.1 Å². The molecule has 0 bridgehead atoms. The van der Waals surface area contributed by atoms with Gasteiger partial charge in [0, 0.05) is 12.6 Å². The van der Waals surface area contributed by atoms with Crippen molar-refractivity contribution in [2.45, 2.75) is 52.0 Å². The van der Waals surface area contributed by atoms with Gasteiger partial charge in [0.05, 0.1) is 4.92 Å². The number of aromatic nitrogens is 2. The molecule has 1 aliphatic carbocycles. The van der Waals surface area contributed by atoms with Crippen LogP contribution in [0.1, 0.15) is 45.7 Å². The molecule has 0 unspecified atom stereocenters. The minimum atomic E-state index is -0.316. The van der Waals surface area contributed by atoms with E-state index in [2.05, 4.69) is 24.3 Å². The number of nitrogens with zero attached hydrogens (tertiary/aromatic N) is 3. The summed E-state index contributed by atoms with van der Waals surface area (Å²) in [5, 5.41) is 18.9. The summed E-state index contributed by atoms with van der Waals surface area (Å²) >= 11 is 0. The first-order valence-electron chi connectivity index (χ1n) is 6.85. The largest absolute Gasteiger partial charge is 0.359 e. The predicted molar refractivity (Wildman–Crippen MR) is 74.3 cm³/mol. The van der Waals surface area contributed by atoms with Crippen molar-refractivity contribution < 1.29 is 4.92 Å². The molecule has 6 heteroatoms. The van der Waals surface area contributed by atoms with Crippen molar-refractivity contribution in [2.24, 2.45) is 13.0 Å². The van der Waals surface area contributed by atoms with Gasteiger partial charge in [-0.25, -0.2) is 4.68 Å². The zero-order valence-corrected chi connectivity index (χ0v) is 12.1. The summed E-state index contributed by atoms with van der Waals surface area (Å²) in [4.78, 5) is 11.0. The quantitative estimate of drug-likeness (QED) is 0.634. The molecule has 6 nitrogen and oxygen atoms in total. The molecule has 1 fully saturated rings. The first-order chi connectivity index (χ1) is 8.86. The van der Waals surface area contributed by atoms with Gasteiger partial charge in [0.15, 0.2) is 0 Å². The standard InChI is InChI=1S/C13H22N4O2/c1-5-6-10-11(17(18)19)12(16(4)15-10)14-13(2,3)9-7-8-9/h9,14H,5-8H2,1-4H3. The molecule has 1 heterocycles. The van der Waals surface area contributed by atoms with Crippen molar-refractivity contribution in [3.8, 4) is 0 Å². The van der Waals surface area contributed by atoms with E-state index in [9.17, 15) is 10.1 Å². The van der Waals surface area contributed by atoms with E-state index in [1.807, 2.05) is 6.92 Å². The van der Waals surface area contributed by atoms with Gasteiger partial charge in [-0.05, 0) is 39.0 Å². The molecule has 1 aliphatic rings. The molecule has 0 spiro atoms. The Morgan fingerprint density at radius 2 is 2.16 bits per heavy atom. The van der Waals surface area contributed by atoms with Gasteiger partial charge in [0.1, 0.15) is 5.69 Å². The molecule has 1 saturated carbocycles. The van der Waals surface area contributed by atoms with Gasteiger partial charge in [-0.15, -0.1) is 0 Å². The fourth-order valence-corrected chi connectivity index (χ4v) is 2.52. The number of nitrogens with one attached hydrogen (secondary N) is 1. The van der Waals surface area contributed by atoms with E-state index in [0.29, 0.717) is 23.9 Å². The molecule has 0 aromatic carbocycles. The number of anilines is 1. The Labute approximate surface area is 113 Å². The maximum absolute atomic E-state index is 11.3. The molecule has 0 radical (unpaired) electrons. The second-order valence-corrected chi connectivity index (χ2v) is 5.90. The Morgan fingerprint density at radius 1 is 1.53 bits per heavy atom. The highest BCUT2D eigenvalue weighted by Crippen LogP contribution is 2.42. The highest BCUT2D eigenvalue weighted by atomic mass is 16.6. The first kappa shape index (κ1) is 13.8. The molecule has 0 aliphatic heterocycles. The Morgan fingerprint density at radius 3 is 2.63 bits per heavy atom. The van der Waals surface area contributed by atoms with Crippen LogP contribution >= 0.6 is 0 Å². The van der Waals surface area contributed by atoms with Crippen LogP contribution < -0.4 is 5.32 Å². The molecule has 106 valence electrons. The van der Waals surface area contributed by atoms with Crippen LogP contribution in [-0.2, 0) is 13.5 Å². The molecule has 0 amide bonds. The summed E-state index contributed by atoms with van der Waals surface area (Å²) in [7, 11) is 1.76. The predicted octanol–water partition coefficient (Wildman–Crippen LogP) is 2.88. The van der Waals surface area contributed by atoms with Crippen molar-refractivity contribution in [2.75, 3.05) is 5.32 Å².